The first kappa shape index (κ1) is 21.9. The number of carbonyl (C=O) groups excluding carboxylic acids is 1. The van der Waals surface area contributed by atoms with Gasteiger partial charge in [-0.25, -0.2) is 0 Å². The Balaban J connectivity index is 1.57. The number of nitrogens with zero attached hydrogens (tertiary/aromatic N) is 1. The Labute approximate surface area is 176 Å². The molecule has 2 heterocycles. The summed E-state index contributed by atoms with van der Waals surface area (Å²) in [5.41, 5.74) is 1.19. The van der Waals surface area contributed by atoms with Crippen LogP contribution in [0, 0.1) is 0 Å². The van der Waals surface area contributed by atoms with Gasteiger partial charge in [-0.15, -0.1) is 0 Å². The molecule has 0 aromatic heterocycles. The molecule has 1 fully saturated rings. The van der Waals surface area contributed by atoms with E-state index in [0.717, 1.165) is 43.9 Å². The molecule has 1 amide bonds. The summed E-state index contributed by atoms with van der Waals surface area (Å²) in [5.74, 6) is 1.83. The average Bonchev–Trinajstić information content (AvgIpc) is 3.12. The zero-order valence-corrected chi connectivity index (χ0v) is 18.3. The predicted octanol–water partition coefficient (Wildman–Crippen LogP) is 4.33. The van der Waals surface area contributed by atoms with Crippen LogP contribution in [0.3, 0.4) is 0 Å². The Hall–Kier alpha value is -1.75. The van der Waals surface area contributed by atoms with Gasteiger partial charge in [-0.1, -0.05) is 38.7 Å². The van der Waals surface area contributed by atoms with Crippen molar-refractivity contribution in [1.82, 2.24) is 10.2 Å². The lowest BCUT2D eigenvalue weighted by molar-refractivity contribution is -0.122. The first-order chi connectivity index (χ1) is 14.2. The van der Waals surface area contributed by atoms with Crippen molar-refractivity contribution in [2.45, 2.75) is 83.7 Å². The number of likely N-dealkylation sites (tertiary alicyclic amines) is 1. The first-order valence-corrected chi connectivity index (χ1v) is 11.6. The van der Waals surface area contributed by atoms with Crippen LogP contribution in [0.15, 0.2) is 18.2 Å². The second-order valence-electron chi connectivity index (χ2n) is 8.60. The lowest BCUT2D eigenvalue weighted by atomic mass is 10.0. The van der Waals surface area contributed by atoms with Gasteiger partial charge in [-0.05, 0) is 56.8 Å². The number of fused-ring (bicyclic) bond motifs is 1. The fraction of sp³-hybridized carbons (Fsp3) is 0.708. The Morgan fingerprint density at radius 3 is 2.72 bits per heavy atom. The van der Waals surface area contributed by atoms with Gasteiger partial charge >= 0.3 is 0 Å². The average molecular weight is 403 g/mol. The van der Waals surface area contributed by atoms with E-state index in [1.807, 2.05) is 6.07 Å². The third-order valence-corrected chi connectivity index (χ3v) is 6.11. The van der Waals surface area contributed by atoms with Crippen LogP contribution in [0.2, 0.25) is 0 Å². The molecular weight excluding hydrogens is 364 g/mol. The Morgan fingerprint density at radius 1 is 1.17 bits per heavy atom. The third kappa shape index (κ3) is 6.91. The lowest BCUT2D eigenvalue weighted by Crippen LogP contribution is -2.46. The quantitative estimate of drug-likeness (QED) is 0.560. The molecule has 5 nitrogen and oxygen atoms in total. The molecule has 0 saturated carbocycles. The van der Waals surface area contributed by atoms with E-state index < -0.39 is 0 Å². The van der Waals surface area contributed by atoms with Crippen LogP contribution in [0.1, 0.15) is 70.8 Å². The zero-order valence-electron chi connectivity index (χ0n) is 18.3. The number of ether oxygens (including phenoxy) is 2. The second kappa shape index (κ2) is 11.4. The molecule has 2 unspecified atom stereocenters. The Bertz CT molecular complexity index is 649. The standard InChI is InChI=1S/C24H38N2O3/c1-3-4-5-6-7-10-24(27)25-21(18-26-13-8-9-19(26)2)16-20-11-12-22-23(17-20)29-15-14-28-22/h11-12,17,19,21H,3-10,13-16,18H2,1-2H3,(H,25,27). The van der Waals surface area contributed by atoms with Gasteiger partial charge in [-0.3, -0.25) is 9.69 Å². The van der Waals surface area contributed by atoms with Crippen molar-refractivity contribution in [2.75, 3.05) is 26.3 Å². The Kier molecular flexibility index (Phi) is 8.66. The summed E-state index contributed by atoms with van der Waals surface area (Å²) in [6.45, 7) is 7.76. The van der Waals surface area contributed by atoms with Gasteiger partial charge in [0.15, 0.2) is 11.5 Å². The Morgan fingerprint density at radius 2 is 1.97 bits per heavy atom. The van der Waals surface area contributed by atoms with Crippen molar-refractivity contribution in [2.24, 2.45) is 0 Å². The van der Waals surface area contributed by atoms with Crippen LogP contribution in [0.4, 0.5) is 0 Å². The van der Waals surface area contributed by atoms with E-state index in [9.17, 15) is 4.79 Å². The number of rotatable bonds is 11. The van der Waals surface area contributed by atoms with Gasteiger partial charge in [0, 0.05) is 25.0 Å². The van der Waals surface area contributed by atoms with Crippen molar-refractivity contribution in [3.8, 4) is 11.5 Å². The molecule has 2 aliphatic rings. The highest BCUT2D eigenvalue weighted by atomic mass is 16.6. The van der Waals surface area contributed by atoms with E-state index in [2.05, 4.69) is 36.2 Å². The smallest absolute Gasteiger partial charge is 0.220 e. The fourth-order valence-corrected chi connectivity index (χ4v) is 4.40. The van der Waals surface area contributed by atoms with E-state index in [1.54, 1.807) is 0 Å². The van der Waals surface area contributed by atoms with E-state index in [0.29, 0.717) is 25.7 Å². The second-order valence-corrected chi connectivity index (χ2v) is 8.60. The summed E-state index contributed by atoms with van der Waals surface area (Å²) in [6.07, 6.45) is 9.83. The summed E-state index contributed by atoms with van der Waals surface area (Å²) in [4.78, 5) is 15.1. The van der Waals surface area contributed by atoms with Crippen molar-refractivity contribution in [3.63, 3.8) is 0 Å². The maximum atomic E-state index is 12.6. The van der Waals surface area contributed by atoms with E-state index in [1.165, 1.54) is 37.7 Å². The molecule has 1 saturated heterocycles. The summed E-state index contributed by atoms with van der Waals surface area (Å²) >= 11 is 0. The van der Waals surface area contributed by atoms with Crippen LogP contribution >= 0.6 is 0 Å². The molecule has 162 valence electrons. The van der Waals surface area contributed by atoms with Crippen LogP contribution in [0.5, 0.6) is 11.5 Å². The van der Waals surface area contributed by atoms with Crippen LogP contribution < -0.4 is 14.8 Å². The molecule has 0 spiro atoms. The molecule has 2 aliphatic heterocycles. The van der Waals surface area contributed by atoms with Gasteiger partial charge in [-0.2, -0.15) is 0 Å². The number of nitrogens with one attached hydrogen (secondary N) is 1. The molecule has 3 rings (SSSR count). The van der Waals surface area contributed by atoms with Crippen molar-refractivity contribution in [3.05, 3.63) is 23.8 Å². The van der Waals surface area contributed by atoms with Crippen LogP contribution in [0.25, 0.3) is 0 Å². The third-order valence-electron chi connectivity index (χ3n) is 6.11. The number of benzene rings is 1. The SMILES string of the molecule is CCCCCCCC(=O)NC(Cc1ccc2c(c1)OCCO2)CN1CCCC1C. The van der Waals surface area contributed by atoms with Gasteiger partial charge in [0.05, 0.1) is 0 Å². The number of unbranched alkanes of at least 4 members (excludes halogenated alkanes) is 4. The number of amides is 1. The van der Waals surface area contributed by atoms with Gasteiger partial charge in [0.2, 0.25) is 5.91 Å². The molecule has 2 atom stereocenters. The highest BCUT2D eigenvalue weighted by molar-refractivity contribution is 5.76. The molecule has 0 bridgehead atoms. The summed E-state index contributed by atoms with van der Waals surface area (Å²) in [5, 5.41) is 3.33. The predicted molar refractivity (Wildman–Crippen MR) is 117 cm³/mol. The molecule has 1 N–H and O–H groups in total. The molecule has 1 aromatic carbocycles. The van der Waals surface area contributed by atoms with Crippen molar-refractivity contribution in [1.29, 1.82) is 0 Å². The summed E-state index contributed by atoms with van der Waals surface area (Å²) in [6, 6.07) is 6.90. The highest BCUT2D eigenvalue weighted by Gasteiger charge is 2.25. The minimum atomic E-state index is 0.126. The molecular formula is C24H38N2O3. The van der Waals surface area contributed by atoms with Gasteiger partial charge < -0.3 is 14.8 Å². The molecule has 1 aromatic rings. The largest absolute Gasteiger partial charge is 0.486 e. The maximum Gasteiger partial charge on any atom is 0.220 e. The maximum absolute atomic E-state index is 12.6. The van der Waals surface area contributed by atoms with Crippen molar-refractivity contribution >= 4 is 5.91 Å². The van der Waals surface area contributed by atoms with Crippen LogP contribution in [-0.4, -0.2) is 49.2 Å². The first-order valence-electron chi connectivity index (χ1n) is 11.6. The molecule has 29 heavy (non-hydrogen) atoms. The van der Waals surface area contributed by atoms with E-state index in [-0.39, 0.29) is 11.9 Å². The van der Waals surface area contributed by atoms with Gasteiger partial charge in [0.25, 0.3) is 0 Å². The monoisotopic (exact) mass is 402 g/mol. The number of hydrogen-bond acceptors (Lipinski definition) is 4. The number of hydrogen-bond donors (Lipinski definition) is 1. The van der Waals surface area contributed by atoms with E-state index >= 15 is 0 Å². The summed E-state index contributed by atoms with van der Waals surface area (Å²) < 4.78 is 11.4. The van der Waals surface area contributed by atoms with E-state index in [4.69, 9.17) is 9.47 Å². The minimum Gasteiger partial charge on any atom is -0.486 e. The topological polar surface area (TPSA) is 50.8 Å². The molecule has 5 heteroatoms. The lowest BCUT2D eigenvalue weighted by Gasteiger charge is -2.28. The molecule has 0 radical (unpaired) electrons. The number of carbonyl (C=O) groups is 1. The zero-order chi connectivity index (χ0) is 20.5. The van der Waals surface area contributed by atoms with Crippen molar-refractivity contribution < 1.29 is 14.3 Å². The molecule has 0 aliphatic carbocycles. The normalized spacial score (nSPS) is 19.9. The summed E-state index contributed by atoms with van der Waals surface area (Å²) in [7, 11) is 0. The highest BCUT2D eigenvalue weighted by Crippen LogP contribution is 2.31. The fourth-order valence-electron chi connectivity index (χ4n) is 4.40. The van der Waals surface area contributed by atoms with Gasteiger partial charge in [0.1, 0.15) is 13.2 Å². The minimum absolute atomic E-state index is 0.126. The van der Waals surface area contributed by atoms with Crippen LogP contribution in [-0.2, 0) is 11.2 Å².